The van der Waals surface area contributed by atoms with Crippen molar-refractivity contribution >= 4 is 27.8 Å². The third-order valence-corrected chi connectivity index (χ3v) is 3.64. The first-order chi connectivity index (χ1) is 5.21. The molecule has 0 bridgehead atoms. The van der Waals surface area contributed by atoms with E-state index in [1.807, 2.05) is 0 Å². The maximum Gasteiger partial charge on any atom is 0.256 e. The molecule has 0 spiro atoms. The standard InChI is InChI=1S/C6H15ClO3SSi/c1-12(2,3)5-4-10-6-11(7,8)9/h4-6H2,1-3H3. The number of hydrogen-bond donors (Lipinski definition) is 0. The molecule has 0 heterocycles. The van der Waals surface area contributed by atoms with Crippen molar-refractivity contribution < 1.29 is 13.2 Å². The van der Waals surface area contributed by atoms with Crippen LogP contribution in [0.4, 0.5) is 0 Å². The molecule has 0 fully saturated rings. The highest BCUT2D eigenvalue weighted by Crippen LogP contribution is 2.08. The first kappa shape index (κ1) is 12.4. The van der Waals surface area contributed by atoms with Crippen LogP contribution in [-0.2, 0) is 13.8 Å². The van der Waals surface area contributed by atoms with Crippen molar-refractivity contribution in [2.75, 3.05) is 12.5 Å². The number of rotatable bonds is 5. The fourth-order valence-electron chi connectivity index (χ4n) is 0.537. The summed E-state index contributed by atoms with van der Waals surface area (Å²) in [6.45, 7) is 7.09. The molecule has 0 aliphatic rings. The monoisotopic (exact) mass is 230 g/mol. The molecule has 0 N–H and O–H groups in total. The third-order valence-electron chi connectivity index (χ3n) is 1.22. The maximum absolute atomic E-state index is 10.4. The minimum atomic E-state index is -3.48. The van der Waals surface area contributed by atoms with Crippen molar-refractivity contribution in [3.05, 3.63) is 0 Å². The van der Waals surface area contributed by atoms with Crippen LogP contribution in [0.5, 0.6) is 0 Å². The van der Waals surface area contributed by atoms with Crippen molar-refractivity contribution in [3.63, 3.8) is 0 Å². The average molecular weight is 231 g/mol. The second-order valence-corrected chi connectivity index (χ2v) is 12.2. The summed E-state index contributed by atoms with van der Waals surface area (Å²) in [4.78, 5) is 0. The minimum absolute atomic E-state index is 0.376. The summed E-state index contributed by atoms with van der Waals surface area (Å²) in [6.07, 6.45) is 0. The Labute approximate surface area is 79.5 Å². The maximum atomic E-state index is 10.4. The summed E-state index contributed by atoms with van der Waals surface area (Å²) >= 11 is 0. The second-order valence-electron chi connectivity index (χ2n) is 3.88. The lowest BCUT2D eigenvalue weighted by Crippen LogP contribution is -2.22. The van der Waals surface area contributed by atoms with E-state index in [0.717, 1.165) is 6.04 Å². The second kappa shape index (κ2) is 4.60. The van der Waals surface area contributed by atoms with Crippen LogP contribution in [0.3, 0.4) is 0 Å². The summed E-state index contributed by atoms with van der Waals surface area (Å²) in [5, 5.41) is 0. The first-order valence-electron chi connectivity index (χ1n) is 3.71. The molecule has 0 unspecified atom stereocenters. The number of ether oxygens (including phenoxy) is 1. The number of halogens is 1. The predicted octanol–water partition coefficient (Wildman–Crippen LogP) is 1.87. The zero-order valence-electron chi connectivity index (χ0n) is 7.63. The highest BCUT2D eigenvalue weighted by Gasteiger charge is 2.13. The molecule has 0 amide bonds. The lowest BCUT2D eigenvalue weighted by atomic mass is 10.9. The van der Waals surface area contributed by atoms with Crippen molar-refractivity contribution in [2.24, 2.45) is 0 Å². The normalized spacial score (nSPS) is 13.3. The molecule has 0 aromatic carbocycles. The molecule has 0 aromatic heterocycles. The van der Waals surface area contributed by atoms with E-state index in [1.165, 1.54) is 0 Å². The largest absolute Gasteiger partial charge is 0.365 e. The van der Waals surface area contributed by atoms with Gasteiger partial charge in [-0.05, 0) is 6.04 Å². The Bertz CT molecular complexity index is 219. The van der Waals surface area contributed by atoms with E-state index in [1.54, 1.807) is 0 Å². The predicted molar refractivity (Wildman–Crippen MR) is 53.7 cm³/mol. The van der Waals surface area contributed by atoms with Gasteiger partial charge in [0.2, 0.25) is 0 Å². The molecular formula is C6H15ClO3SSi. The van der Waals surface area contributed by atoms with E-state index < -0.39 is 17.1 Å². The molecular weight excluding hydrogens is 216 g/mol. The molecule has 0 rings (SSSR count). The van der Waals surface area contributed by atoms with Gasteiger partial charge in [-0.25, -0.2) is 8.42 Å². The lowest BCUT2D eigenvalue weighted by molar-refractivity contribution is 0.192. The van der Waals surface area contributed by atoms with E-state index >= 15 is 0 Å². The van der Waals surface area contributed by atoms with Crippen LogP contribution in [0.15, 0.2) is 0 Å². The molecule has 0 aliphatic heterocycles. The molecule has 3 nitrogen and oxygen atoms in total. The van der Waals surface area contributed by atoms with Gasteiger partial charge < -0.3 is 4.74 Å². The van der Waals surface area contributed by atoms with Crippen LogP contribution >= 0.6 is 10.7 Å². The third kappa shape index (κ3) is 10.4. The summed E-state index contributed by atoms with van der Waals surface area (Å²) in [6, 6.07) is 0.958. The van der Waals surface area contributed by atoms with E-state index in [2.05, 4.69) is 19.6 Å². The summed E-state index contributed by atoms with van der Waals surface area (Å²) < 4.78 is 25.7. The molecule has 0 saturated heterocycles. The van der Waals surface area contributed by atoms with Gasteiger partial charge in [0.15, 0.2) is 5.94 Å². The zero-order chi connectivity index (χ0) is 9.83. The first-order valence-corrected chi connectivity index (χ1v) is 9.89. The van der Waals surface area contributed by atoms with Gasteiger partial charge in [0.05, 0.1) is 0 Å². The Kier molecular flexibility index (Phi) is 4.76. The Hall–Kier alpha value is 0.417. The molecule has 6 heteroatoms. The van der Waals surface area contributed by atoms with Gasteiger partial charge >= 0.3 is 0 Å². The van der Waals surface area contributed by atoms with Gasteiger partial charge in [0.25, 0.3) is 9.05 Å². The Morgan fingerprint density at radius 3 is 2.17 bits per heavy atom. The van der Waals surface area contributed by atoms with E-state index in [0.29, 0.717) is 6.61 Å². The lowest BCUT2D eigenvalue weighted by Gasteiger charge is -2.14. The molecule has 74 valence electrons. The molecule has 0 radical (unpaired) electrons. The van der Waals surface area contributed by atoms with E-state index in [-0.39, 0.29) is 5.94 Å². The quantitative estimate of drug-likeness (QED) is 0.412. The molecule has 0 saturated carbocycles. The van der Waals surface area contributed by atoms with Gasteiger partial charge in [0.1, 0.15) is 0 Å². The SMILES string of the molecule is C[Si](C)(C)CCOCS(=O)(=O)Cl. The molecule has 0 atom stereocenters. The van der Waals surface area contributed by atoms with Crippen LogP contribution in [0.25, 0.3) is 0 Å². The fourth-order valence-corrected chi connectivity index (χ4v) is 1.80. The molecule has 12 heavy (non-hydrogen) atoms. The van der Waals surface area contributed by atoms with Crippen LogP contribution in [0, 0.1) is 0 Å². The van der Waals surface area contributed by atoms with Gasteiger partial charge in [-0.1, -0.05) is 19.6 Å². The van der Waals surface area contributed by atoms with Gasteiger partial charge in [-0.3, -0.25) is 0 Å². The average Bonchev–Trinajstić information content (AvgIpc) is 1.76. The van der Waals surface area contributed by atoms with Gasteiger partial charge in [-0.2, -0.15) is 0 Å². The highest BCUT2D eigenvalue weighted by atomic mass is 35.7. The van der Waals surface area contributed by atoms with Crippen molar-refractivity contribution in [1.82, 2.24) is 0 Å². The van der Waals surface area contributed by atoms with Crippen molar-refractivity contribution in [2.45, 2.75) is 25.7 Å². The molecule has 0 aromatic rings. The fraction of sp³-hybridized carbons (Fsp3) is 1.00. The Morgan fingerprint density at radius 1 is 1.33 bits per heavy atom. The van der Waals surface area contributed by atoms with Crippen LogP contribution in [-0.4, -0.2) is 29.0 Å². The van der Waals surface area contributed by atoms with Crippen molar-refractivity contribution in [1.29, 1.82) is 0 Å². The molecule has 0 aliphatic carbocycles. The topological polar surface area (TPSA) is 43.4 Å². The van der Waals surface area contributed by atoms with E-state index in [4.69, 9.17) is 15.4 Å². The van der Waals surface area contributed by atoms with Crippen LogP contribution < -0.4 is 0 Å². The van der Waals surface area contributed by atoms with Gasteiger partial charge in [-0.15, -0.1) is 0 Å². The summed E-state index contributed by atoms with van der Waals surface area (Å²) in [5.74, 6) is -0.376. The van der Waals surface area contributed by atoms with Crippen LogP contribution in [0.1, 0.15) is 0 Å². The minimum Gasteiger partial charge on any atom is -0.365 e. The van der Waals surface area contributed by atoms with Gasteiger partial charge in [0, 0.05) is 25.4 Å². The van der Waals surface area contributed by atoms with Crippen LogP contribution in [0.2, 0.25) is 25.7 Å². The number of hydrogen-bond acceptors (Lipinski definition) is 3. The Balaban J connectivity index is 3.48. The zero-order valence-corrected chi connectivity index (χ0v) is 10.2. The smallest absolute Gasteiger partial charge is 0.256 e. The summed E-state index contributed by atoms with van der Waals surface area (Å²) in [5.41, 5.74) is 0. The highest BCUT2D eigenvalue weighted by molar-refractivity contribution is 8.13. The Morgan fingerprint density at radius 2 is 1.83 bits per heavy atom. The van der Waals surface area contributed by atoms with E-state index in [9.17, 15) is 8.42 Å². The summed E-state index contributed by atoms with van der Waals surface area (Å²) in [7, 11) is 0.349. The van der Waals surface area contributed by atoms with Crippen molar-refractivity contribution in [3.8, 4) is 0 Å².